The number of nitrogens with zero attached hydrogens (tertiary/aromatic N) is 2. The van der Waals surface area contributed by atoms with Crippen LogP contribution in [-0.4, -0.2) is 24.1 Å². The molecule has 132 valence electrons. The lowest BCUT2D eigenvalue weighted by Gasteiger charge is -2.35. The van der Waals surface area contributed by atoms with Crippen LogP contribution in [0.4, 0.5) is 5.69 Å². The van der Waals surface area contributed by atoms with Crippen LogP contribution in [0.15, 0.2) is 83.6 Å². The minimum atomic E-state index is 0.00886. The average molecular weight is 346 g/mol. The molecule has 0 fully saturated rings. The number of fused-ring (bicyclic) bond motifs is 1. The van der Waals surface area contributed by atoms with Crippen LogP contribution in [0.3, 0.4) is 0 Å². The van der Waals surface area contributed by atoms with E-state index in [4.69, 9.17) is 9.73 Å². The van der Waals surface area contributed by atoms with Crippen LogP contribution in [0.2, 0.25) is 0 Å². The third-order valence-corrected chi connectivity index (χ3v) is 4.50. The van der Waals surface area contributed by atoms with E-state index in [0.717, 1.165) is 30.4 Å². The Kier molecular flexibility index (Phi) is 4.60. The monoisotopic (exact) mass is 346 g/mol. The first-order chi connectivity index (χ1) is 12.8. The number of hydrogen-bond acceptors (Lipinski definition) is 5. The third-order valence-electron chi connectivity index (χ3n) is 4.50. The van der Waals surface area contributed by atoms with Crippen LogP contribution in [0.25, 0.3) is 0 Å². The van der Waals surface area contributed by atoms with Crippen molar-refractivity contribution in [3.8, 4) is 5.75 Å². The van der Waals surface area contributed by atoms with Gasteiger partial charge in [0.05, 0.1) is 7.11 Å². The molecule has 2 aromatic carbocycles. The van der Waals surface area contributed by atoms with E-state index in [0.29, 0.717) is 0 Å². The maximum Gasteiger partial charge on any atom is 0.202 e. The summed E-state index contributed by atoms with van der Waals surface area (Å²) in [5.74, 6) is 1.64. The van der Waals surface area contributed by atoms with Crippen molar-refractivity contribution in [2.24, 2.45) is 4.99 Å². The van der Waals surface area contributed by atoms with Crippen molar-refractivity contribution in [2.45, 2.75) is 19.1 Å². The number of aliphatic imine (C=N–C) groups is 1. The summed E-state index contributed by atoms with van der Waals surface area (Å²) in [6, 6.07) is 18.2. The molecule has 5 nitrogen and oxygen atoms in total. The van der Waals surface area contributed by atoms with Gasteiger partial charge in [-0.2, -0.15) is 0 Å². The molecular weight excluding hydrogens is 324 g/mol. The van der Waals surface area contributed by atoms with Crippen molar-refractivity contribution in [2.75, 3.05) is 12.4 Å². The molecule has 2 aliphatic heterocycles. The number of rotatable bonds is 4. The minimum absolute atomic E-state index is 0.00886. The van der Waals surface area contributed by atoms with E-state index in [1.807, 2.05) is 42.5 Å². The second kappa shape index (κ2) is 7.35. The van der Waals surface area contributed by atoms with E-state index in [1.165, 1.54) is 11.1 Å². The van der Waals surface area contributed by atoms with Crippen LogP contribution in [0.1, 0.15) is 12.0 Å². The van der Waals surface area contributed by atoms with Crippen LogP contribution in [0, 0.1) is 0 Å². The van der Waals surface area contributed by atoms with E-state index in [1.54, 1.807) is 7.11 Å². The van der Waals surface area contributed by atoms with Crippen molar-refractivity contribution < 1.29 is 4.74 Å². The lowest BCUT2D eigenvalue weighted by Crippen LogP contribution is -2.41. The Morgan fingerprint density at radius 2 is 1.96 bits per heavy atom. The first-order valence-corrected chi connectivity index (χ1v) is 8.72. The summed E-state index contributed by atoms with van der Waals surface area (Å²) in [5, 5.41) is 6.61. The van der Waals surface area contributed by atoms with Gasteiger partial charge in [-0.25, -0.2) is 4.99 Å². The van der Waals surface area contributed by atoms with Gasteiger partial charge in [-0.1, -0.05) is 36.4 Å². The van der Waals surface area contributed by atoms with Gasteiger partial charge in [0, 0.05) is 18.4 Å². The highest BCUT2D eigenvalue weighted by atomic mass is 16.5. The summed E-state index contributed by atoms with van der Waals surface area (Å²) >= 11 is 0. The third kappa shape index (κ3) is 3.57. The number of hydrogen-bond donors (Lipinski definition) is 2. The maximum atomic E-state index is 5.24. The molecule has 0 radical (unpaired) electrons. The molecule has 1 atom stereocenters. The van der Waals surface area contributed by atoms with Gasteiger partial charge >= 0.3 is 0 Å². The van der Waals surface area contributed by atoms with E-state index >= 15 is 0 Å². The van der Waals surface area contributed by atoms with Crippen LogP contribution >= 0.6 is 0 Å². The summed E-state index contributed by atoms with van der Waals surface area (Å²) in [6.45, 7) is 0.796. The predicted molar refractivity (Wildman–Crippen MR) is 105 cm³/mol. The van der Waals surface area contributed by atoms with E-state index < -0.39 is 0 Å². The molecule has 0 bridgehead atoms. The van der Waals surface area contributed by atoms with E-state index in [9.17, 15) is 0 Å². The summed E-state index contributed by atoms with van der Waals surface area (Å²) in [7, 11) is 1.68. The number of allylic oxidation sites excluding steroid dienone is 1. The topological polar surface area (TPSA) is 48.9 Å². The van der Waals surface area contributed by atoms with Crippen molar-refractivity contribution in [3.05, 3.63) is 84.2 Å². The van der Waals surface area contributed by atoms with Gasteiger partial charge in [0.2, 0.25) is 5.96 Å². The number of guanidine groups is 1. The number of anilines is 1. The Hall–Kier alpha value is -3.21. The van der Waals surface area contributed by atoms with Crippen LogP contribution in [0.5, 0.6) is 5.75 Å². The summed E-state index contributed by atoms with van der Waals surface area (Å²) < 4.78 is 5.24. The fraction of sp³-hybridized carbons (Fsp3) is 0.190. The number of para-hydroxylation sites is 1. The molecule has 2 N–H and O–H groups in total. The molecule has 0 aromatic heterocycles. The summed E-state index contributed by atoms with van der Waals surface area (Å²) in [4.78, 5) is 7.14. The van der Waals surface area contributed by atoms with Gasteiger partial charge in [0.15, 0.2) is 0 Å². The smallest absolute Gasteiger partial charge is 0.202 e. The Balaban J connectivity index is 1.51. The molecule has 5 heteroatoms. The molecule has 0 saturated carbocycles. The average Bonchev–Trinajstić information content (AvgIpc) is 2.70. The van der Waals surface area contributed by atoms with Gasteiger partial charge in [-0.05, 0) is 48.0 Å². The van der Waals surface area contributed by atoms with Gasteiger partial charge < -0.3 is 20.3 Å². The standard InChI is InChI=1S/C21H22N4O/c1-26-19-11-9-16(10-12-19)15-25-13-5-6-17-14-22-21(24-20(17)25)23-18-7-3-2-4-8-18/h2-5,7-14,20H,6,15H2,1H3,(H2,22,23,24). The lowest BCUT2D eigenvalue weighted by atomic mass is 10.0. The first kappa shape index (κ1) is 16.3. The fourth-order valence-corrected chi connectivity index (χ4v) is 3.14. The van der Waals surface area contributed by atoms with Crippen LogP contribution < -0.4 is 15.4 Å². The molecule has 26 heavy (non-hydrogen) atoms. The number of nitrogens with one attached hydrogen (secondary N) is 2. The number of ether oxygens (including phenoxy) is 1. The van der Waals surface area contributed by atoms with E-state index in [2.05, 4.69) is 46.1 Å². The number of methoxy groups -OCH3 is 1. The highest BCUT2D eigenvalue weighted by Crippen LogP contribution is 2.26. The Morgan fingerprint density at radius 3 is 2.73 bits per heavy atom. The molecule has 1 unspecified atom stereocenters. The highest BCUT2D eigenvalue weighted by molar-refractivity contribution is 5.95. The van der Waals surface area contributed by atoms with Crippen LogP contribution in [-0.2, 0) is 6.54 Å². The van der Waals surface area contributed by atoms with Gasteiger partial charge in [-0.15, -0.1) is 0 Å². The van der Waals surface area contributed by atoms with Crippen molar-refractivity contribution in [1.82, 2.24) is 10.2 Å². The zero-order valence-electron chi connectivity index (χ0n) is 14.7. The molecule has 0 aliphatic carbocycles. The minimum Gasteiger partial charge on any atom is -0.497 e. The second-order valence-corrected chi connectivity index (χ2v) is 6.32. The highest BCUT2D eigenvalue weighted by Gasteiger charge is 2.25. The molecular formula is C21H22N4O. The quantitative estimate of drug-likeness (QED) is 0.886. The molecule has 4 rings (SSSR count). The Morgan fingerprint density at radius 1 is 1.15 bits per heavy atom. The fourth-order valence-electron chi connectivity index (χ4n) is 3.14. The lowest BCUT2D eigenvalue weighted by molar-refractivity contribution is 0.291. The maximum absolute atomic E-state index is 5.24. The zero-order valence-corrected chi connectivity index (χ0v) is 14.7. The first-order valence-electron chi connectivity index (χ1n) is 8.72. The summed E-state index contributed by atoms with van der Waals surface area (Å²) in [6.07, 6.45) is 7.31. The molecule has 0 spiro atoms. The normalized spacial score (nSPS) is 18.3. The summed E-state index contributed by atoms with van der Waals surface area (Å²) in [5.41, 5.74) is 3.51. The largest absolute Gasteiger partial charge is 0.497 e. The molecule has 2 heterocycles. The molecule has 0 saturated heterocycles. The predicted octanol–water partition coefficient (Wildman–Crippen LogP) is 3.70. The number of benzene rings is 2. The van der Waals surface area contributed by atoms with Crippen molar-refractivity contribution in [1.29, 1.82) is 0 Å². The SMILES string of the molecule is COc1ccc(CN2C=CCC3=CNC(Nc4ccccc4)=NC32)cc1. The Labute approximate surface area is 153 Å². The van der Waals surface area contributed by atoms with Gasteiger partial charge in [0.25, 0.3) is 0 Å². The van der Waals surface area contributed by atoms with Crippen molar-refractivity contribution in [3.63, 3.8) is 0 Å². The van der Waals surface area contributed by atoms with Crippen molar-refractivity contribution >= 4 is 11.6 Å². The Bertz CT molecular complexity index is 840. The zero-order chi connectivity index (χ0) is 17.8. The molecule has 2 aromatic rings. The van der Waals surface area contributed by atoms with Gasteiger partial charge in [0.1, 0.15) is 11.9 Å². The second-order valence-electron chi connectivity index (χ2n) is 6.32. The molecule has 2 aliphatic rings. The molecule has 0 amide bonds. The van der Waals surface area contributed by atoms with Gasteiger partial charge in [-0.3, -0.25) is 0 Å². The van der Waals surface area contributed by atoms with E-state index in [-0.39, 0.29) is 6.17 Å².